The lowest BCUT2D eigenvalue weighted by atomic mass is 10.6. The Morgan fingerprint density at radius 3 is 2.89 bits per heavy atom. The topological polar surface area (TPSA) is 55.4 Å². The quantitative estimate of drug-likeness (QED) is 0.513. The van der Waals surface area contributed by atoms with E-state index in [1.807, 2.05) is 0 Å². The Morgan fingerprint density at radius 1 is 1.78 bits per heavy atom. The highest BCUT2D eigenvalue weighted by Gasteiger charge is 1.95. The van der Waals surface area contributed by atoms with Gasteiger partial charge in [-0.25, -0.2) is 0 Å². The molecule has 0 aliphatic carbocycles. The van der Waals surface area contributed by atoms with Crippen molar-refractivity contribution in [2.24, 2.45) is 0 Å². The third kappa shape index (κ3) is 4.80. The number of nitrogens with one attached hydrogen (secondary N) is 1. The Bertz CT molecular complexity index is 102. The summed E-state index contributed by atoms with van der Waals surface area (Å²) >= 11 is 0. The molecule has 0 aromatic carbocycles. The summed E-state index contributed by atoms with van der Waals surface area (Å²) in [6.45, 7) is 2.41. The van der Waals surface area contributed by atoms with E-state index in [-0.39, 0.29) is 19.0 Å². The summed E-state index contributed by atoms with van der Waals surface area (Å²) in [5, 5.41) is 2.46. The largest absolute Gasteiger partial charge is 0.458 e. The molecule has 0 fully saturated rings. The van der Waals surface area contributed by atoms with E-state index in [2.05, 4.69) is 10.1 Å². The SMILES string of the molecule is CCNC(=O)COC=O. The van der Waals surface area contributed by atoms with Gasteiger partial charge in [0.25, 0.3) is 12.4 Å². The number of hydrogen-bond donors (Lipinski definition) is 1. The van der Waals surface area contributed by atoms with Crippen molar-refractivity contribution in [1.29, 1.82) is 0 Å². The van der Waals surface area contributed by atoms with E-state index in [0.29, 0.717) is 6.54 Å². The van der Waals surface area contributed by atoms with Crippen LogP contribution in [0, 0.1) is 0 Å². The van der Waals surface area contributed by atoms with Crippen LogP contribution in [0.2, 0.25) is 0 Å². The maximum atomic E-state index is 10.4. The minimum Gasteiger partial charge on any atom is -0.458 e. The summed E-state index contributed by atoms with van der Waals surface area (Å²) in [5.41, 5.74) is 0. The first-order valence-electron chi connectivity index (χ1n) is 2.63. The molecule has 0 spiro atoms. The third-order valence-electron chi connectivity index (χ3n) is 0.656. The predicted molar refractivity (Wildman–Crippen MR) is 30.7 cm³/mol. The zero-order valence-corrected chi connectivity index (χ0v) is 5.22. The van der Waals surface area contributed by atoms with Gasteiger partial charge in [0.15, 0.2) is 6.61 Å². The molecule has 0 heterocycles. The van der Waals surface area contributed by atoms with E-state index < -0.39 is 0 Å². The number of carbonyl (C=O) groups excluding carboxylic acids is 2. The molecule has 0 aliphatic heterocycles. The van der Waals surface area contributed by atoms with Gasteiger partial charge in [0.1, 0.15) is 0 Å². The molecule has 0 radical (unpaired) electrons. The molecule has 0 bridgehead atoms. The minimum absolute atomic E-state index is 0.183. The van der Waals surface area contributed by atoms with Crippen molar-refractivity contribution in [2.75, 3.05) is 13.2 Å². The molecule has 1 amide bonds. The Balaban J connectivity index is 3.16. The van der Waals surface area contributed by atoms with Crippen LogP contribution in [-0.4, -0.2) is 25.5 Å². The molecule has 0 atom stereocenters. The molecular formula is C5H9NO3. The number of hydrogen-bond acceptors (Lipinski definition) is 3. The van der Waals surface area contributed by atoms with Gasteiger partial charge in [0, 0.05) is 6.54 Å². The van der Waals surface area contributed by atoms with Crippen molar-refractivity contribution in [1.82, 2.24) is 5.32 Å². The van der Waals surface area contributed by atoms with Gasteiger partial charge in [-0.05, 0) is 6.92 Å². The van der Waals surface area contributed by atoms with Crippen LogP contribution in [0.5, 0.6) is 0 Å². The molecule has 0 unspecified atom stereocenters. The van der Waals surface area contributed by atoms with E-state index >= 15 is 0 Å². The normalized spacial score (nSPS) is 8.11. The lowest BCUT2D eigenvalue weighted by molar-refractivity contribution is -0.137. The Hall–Kier alpha value is -1.06. The van der Waals surface area contributed by atoms with Crippen LogP contribution in [0.25, 0.3) is 0 Å². The molecule has 9 heavy (non-hydrogen) atoms. The van der Waals surface area contributed by atoms with Crippen LogP contribution >= 0.6 is 0 Å². The number of amides is 1. The highest BCUT2D eigenvalue weighted by molar-refractivity contribution is 5.77. The van der Waals surface area contributed by atoms with Gasteiger partial charge in [-0.2, -0.15) is 0 Å². The molecule has 4 heteroatoms. The van der Waals surface area contributed by atoms with Crippen molar-refractivity contribution in [3.05, 3.63) is 0 Å². The first-order valence-corrected chi connectivity index (χ1v) is 2.63. The van der Waals surface area contributed by atoms with E-state index in [4.69, 9.17) is 0 Å². The van der Waals surface area contributed by atoms with Crippen molar-refractivity contribution in [3.8, 4) is 0 Å². The number of rotatable bonds is 4. The van der Waals surface area contributed by atoms with Crippen LogP contribution in [0.3, 0.4) is 0 Å². The van der Waals surface area contributed by atoms with Gasteiger partial charge in [-0.1, -0.05) is 0 Å². The Morgan fingerprint density at radius 2 is 2.44 bits per heavy atom. The van der Waals surface area contributed by atoms with Crippen LogP contribution in [0.1, 0.15) is 6.92 Å². The highest BCUT2D eigenvalue weighted by Crippen LogP contribution is 1.67. The van der Waals surface area contributed by atoms with Crippen molar-refractivity contribution in [3.63, 3.8) is 0 Å². The second kappa shape index (κ2) is 5.08. The molecule has 0 aromatic rings. The van der Waals surface area contributed by atoms with Gasteiger partial charge in [0.2, 0.25) is 0 Å². The van der Waals surface area contributed by atoms with Crippen molar-refractivity contribution < 1.29 is 14.3 Å². The lowest BCUT2D eigenvalue weighted by Crippen LogP contribution is -2.26. The summed E-state index contributed by atoms with van der Waals surface area (Å²) in [4.78, 5) is 19.9. The lowest BCUT2D eigenvalue weighted by Gasteiger charge is -1.97. The molecule has 0 aliphatic rings. The zero-order chi connectivity index (χ0) is 7.11. The average molecular weight is 131 g/mol. The van der Waals surface area contributed by atoms with E-state index in [9.17, 15) is 9.59 Å². The van der Waals surface area contributed by atoms with Crippen molar-refractivity contribution >= 4 is 12.4 Å². The summed E-state index contributed by atoms with van der Waals surface area (Å²) in [5.74, 6) is -0.274. The summed E-state index contributed by atoms with van der Waals surface area (Å²) in [6.07, 6.45) is 0. The van der Waals surface area contributed by atoms with Crippen LogP contribution in [0.15, 0.2) is 0 Å². The second-order valence-corrected chi connectivity index (χ2v) is 1.36. The van der Waals surface area contributed by atoms with Gasteiger partial charge < -0.3 is 10.1 Å². The highest BCUT2D eigenvalue weighted by atomic mass is 16.5. The average Bonchev–Trinajstić information content (AvgIpc) is 1.85. The van der Waals surface area contributed by atoms with Crippen LogP contribution in [0.4, 0.5) is 0 Å². The fraction of sp³-hybridized carbons (Fsp3) is 0.600. The van der Waals surface area contributed by atoms with E-state index in [1.165, 1.54) is 0 Å². The maximum Gasteiger partial charge on any atom is 0.293 e. The van der Waals surface area contributed by atoms with E-state index in [1.54, 1.807) is 6.92 Å². The van der Waals surface area contributed by atoms with Crippen LogP contribution in [-0.2, 0) is 14.3 Å². The third-order valence-corrected chi connectivity index (χ3v) is 0.656. The number of carbonyl (C=O) groups is 2. The summed E-state index contributed by atoms with van der Waals surface area (Å²) in [7, 11) is 0. The van der Waals surface area contributed by atoms with E-state index in [0.717, 1.165) is 0 Å². The van der Waals surface area contributed by atoms with Gasteiger partial charge in [0.05, 0.1) is 0 Å². The van der Waals surface area contributed by atoms with Crippen LogP contribution < -0.4 is 5.32 Å². The molecule has 4 nitrogen and oxygen atoms in total. The fourth-order valence-electron chi connectivity index (χ4n) is 0.358. The monoisotopic (exact) mass is 131 g/mol. The number of ether oxygens (including phenoxy) is 1. The molecule has 0 aromatic heterocycles. The molecule has 1 N–H and O–H groups in total. The molecule has 0 saturated heterocycles. The fourth-order valence-corrected chi connectivity index (χ4v) is 0.358. The molecule has 0 saturated carbocycles. The summed E-state index contributed by atoms with van der Waals surface area (Å²) < 4.78 is 4.16. The second-order valence-electron chi connectivity index (χ2n) is 1.36. The maximum absolute atomic E-state index is 10.4. The molecular weight excluding hydrogens is 122 g/mol. The molecule has 52 valence electrons. The Kier molecular flexibility index (Phi) is 4.49. The minimum atomic E-state index is -0.274. The first kappa shape index (κ1) is 7.94. The zero-order valence-electron chi connectivity index (χ0n) is 5.22. The van der Waals surface area contributed by atoms with Gasteiger partial charge in [-0.15, -0.1) is 0 Å². The predicted octanol–water partition coefficient (Wildman–Crippen LogP) is -0.705. The Labute approximate surface area is 53.2 Å². The first-order chi connectivity index (χ1) is 4.31. The number of likely N-dealkylation sites (N-methyl/N-ethyl adjacent to an activating group) is 1. The van der Waals surface area contributed by atoms with Crippen molar-refractivity contribution in [2.45, 2.75) is 6.92 Å². The standard InChI is InChI=1S/C5H9NO3/c1-2-6-5(8)3-9-4-7/h4H,2-3H2,1H3,(H,6,8). The van der Waals surface area contributed by atoms with Gasteiger partial charge in [-0.3, -0.25) is 9.59 Å². The van der Waals surface area contributed by atoms with Gasteiger partial charge >= 0.3 is 0 Å². The smallest absolute Gasteiger partial charge is 0.293 e. The molecule has 0 rings (SSSR count). The summed E-state index contributed by atoms with van der Waals surface area (Å²) in [6, 6.07) is 0.